The van der Waals surface area contributed by atoms with Crippen LogP contribution in [0, 0.1) is 11.3 Å². The maximum atomic E-state index is 5.50. The number of hydrogen-bond acceptors (Lipinski definition) is 3. The van der Waals surface area contributed by atoms with E-state index in [1.165, 1.54) is 12.8 Å². The number of ether oxygens (including phenoxy) is 1. The lowest BCUT2D eigenvalue weighted by Gasteiger charge is -2.51. The molecule has 0 aromatic heterocycles. The first-order chi connectivity index (χ1) is 8.76. The predicted molar refractivity (Wildman–Crippen MR) is 80.4 cm³/mol. The van der Waals surface area contributed by atoms with Gasteiger partial charge in [-0.2, -0.15) is 0 Å². The molecule has 1 N–H and O–H groups in total. The van der Waals surface area contributed by atoms with E-state index in [-0.39, 0.29) is 0 Å². The van der Waals surface area contributed by atoms with Gasteiger partial charge in [-0.15, -0.1) is 0 Å². The van der Waals surface area contributed by atoms with E-state index in [0.717, 1.165) is 25.6 Å². The molecule has 0 radical (unpaired) electrons. The van der Waals surface area contributed by atoms with Crippen molar-refractivity contribution >= 4 is 0 Å². The van der Waals surface area contributed by atoms with Gasteiger partial charge in [-0.25, -0.2) is 0 Å². The summed E-state index contributed by atoms with van der Waals surface area (Å²) in [5.41, 5.74) is 0.626. The summed E-state index contributed by atoms with van der Waals surface area (Å²) in [6.07, 6.45) is 3.11. The van der Waals surface area contributed by atoms with E-state index in [1.54, 1.807) is 0 Å². The van der Waals surface area contributed by atoms with Crippen molar-refractivity contribution in [3.8, 4) is 0 Å². The minimum atomic E-state index is 0.311. The van der Waals surface area contributed by atoms with Crippen molar-refractivity contribution in [2.24, 2.45) is 11.3 Å². The van der Waals surface area contributed by atoms with Crippen molar-refractivity contribution in [1.82, 2.24) is 10.2 Å². The van der Waals surface area contributed by atoms with E-state index < -0.39 is 0 Å². The second-order valence-electron chi connectivity index (χ2n) is 7.93. The van der Waals surface area contributed by atoms with Gasteiger partial charge in [-0.1, -0.05) is 20.8 Å². The normalized spacial score (nSPS) is 35.4. The highest BCUT2D eigenvalue weighted by Crippen LogP contribution is 2.42. The first-order valence-electron chi connectivity index (χ1n) is 7.78. The Morgan fingerprint density at radius 1 is 1.37 bits per heavy atom. The molecule has 1 aliphatic heterocycles. The Balaban J connectivity index is 2.09. The third-order valence-electron chi connectivity index (χ3n) is 5.04. The molecule has 1 saturated heterocycles. The quantitative estimate of drug-likeness (QED) is 0.848. The van der Waals surface area contributed by atoms with Crippen LogP contribution in [0.15, 0.2) is 0 Å². The SMILES string of the molecule is COC(C)CN1CC(C)(C2CC2)NCC1C(C)(C)C. The fourth-order valence-electron chi connectivity index (χ4n) is 3.49. The monoisotopic (exact) mass is 268 g/mol. The van der Waals surface area contributed by atoms with Crippen molar-refractivity contribution in [2.75, 3.05) is 26.7 Å². The lowest BCUT2D eigenvalue weighted by molar-refractivity contribution is -0.0151. The van der Waals surface area contributed by atoms with Crippen molar-refractivity contribution in [3.63, 3.8) is 0 Å². The third-order valence-corrected chi connectivity index (χ3v) is 5.04. The molecule has 3 atom stereocenters. The Kier molecular flexibility index (Phi) is 4.29. The van der Waals surface area contributed by atoms with Gasteiger partial charge in [-0.3, -0.25) is 4.90 Å². The molecule has 2 rings (SSSR count). The van der Waals surface area contributed by atoms with E-state index >= 15 is 0 Å². The Bertz CT molecular complexity index is 308. The van der Waals surface area contributed by atoms with Gasteiger partial charge in [0.05, 0.1) is 6.10 Å². The zero-order valence-electron chi connectivity index (χ0n) is 13.6. The smallest absolute Gasteiger partial charge is 0.0670 e. The first-order valence-corrected chi connectivity index (χ1v) is 7.78. The summed E-state index contributed by atoms with van der Waals surface area (Å²) in [4.78, 5) is 2.67. The van der Waals surface area contributed by atoms with Crippen molar-refractivity contribution in [2.45, 2.75) is 65.1 Å². The van der Waals surface area contributed by atoms with Gasteiger partial charge in [0.1, 0.15) is 0 Å². The molecule has 1 heterocycles. The largest absolute Gasteiger partial charge is 0.380 e. The van der Waals surface area contributed by atoms with E-state index in [1.807, 2.05) is 7.11 Å². The summed E-state index contributed by atoms with van der Waals surface area (Å²) in [6, 6.07) is 0.594. The third kappa shape index (κ3) is 3.50. The highest BCUT2D eigenvalue weighted by Gasteiger charge is 2.47. The van der Waals surface area contributed by atoms with E-state index in [9.17, 15) is 0 Å². The standard InChI is InChI=1S/C16H32N2O/c1-12(19-6)10-18-11-16(5,13-7-8-13)17-9-14(18)15(2,3)4/h12-14,17H,7-11H2,1-6H3. The number of methoxy groups -OCH3 is 1. The van der Waals surface area contributed by atoms with E-state index in [4.69, 9.17) is 4.74 Å². The van der Waals surface area contributed by atoms with Crippen LogP contribution in [-0.4, -0.2) is 49.3 Å². The number of nitrogens with one attached hydrogen (secondary N) is 1. The first kappa shape index (κ1) is 15.3. The lowest BCUT2D eigenvalue weighted by Crippen LogP contribution is -2.67. The maximum absolute atomic E-state index is 5.50. The molecular weight excluding hydrogens is 236 g/mol. The molecule has 1 aliphatic carbocycles. The summed E-state index contributed by atoms with van der Waals surface area (Å²) in [5.74, 6) is 0.883. The van der Waals surface area contributed by atoms with Crippen molar-refractivity contribution in [3.05, 3.63) is 0 Å². The Morgan fingerprint density at radius 2 is 2.00 bits per heavy atom. The molecule has 0 aromatic rings. The van der Waals surface area contributed by atoms with Crippen LogP contribution in [0.25, 0.3) is 0 Å². The zero-order chi connectivity index (χ0) is 14.3. The number of piperazine rings is 1. The van der Waals surface area contributed by atoms with Gasteiger partial charge < -0.3 is 10.1 Å². The zero-order valence-corrected chi connectivity index (χ0v) is 13.6. The fourth-order valence-corrected chi connectivity index (χ4v) is 3.49. The lowest BCUT2D eigenvalue weighted by atomic mass is 9.80. The van der Waals surface area contributed by atoms with Crippen LogP contribution in [0.3, 0.4) is 0 Å². The number of rotatable bonds is 4. The molecule has 3 unspecified atom stereocenters. The molecule has 2 aliphatic rings. The van der Waals surface area contributed by atoms with Crippen LogP contribution in [-0.2, 0) is 4.74 Å². The Morgan fingerprint density at radius 3 is 2.47 bits per heavy atom. The summed E-state index contributed by atoms with van der Waals surface area (Å²) >= 11 is 0. The summed E-state index contributed by atoms with van der Waals surface area (Å²) in [5, 5.41) is 3.85. The molecule has 0 aromatic carbocycles. The molecule has 112 valence electrons. The number of nitrogens with zero attached hydrogens (tertiary/aromatic N) is 1. The van der Waals surface area contributed by atoms with Gasteiger partial charge >= 0.3 is 0 Å². The second-order valence-corrected chi connectivity index (χ2v) is 7.93. The average molecular weight is 268 g/mol. The highest BCUT2D eigenvalue weighted by molar-refractivity contribution is 5.05. The van der Waals surface area contributed by atoms with Crippen LogP contribution < -0.4 is 5.32 Å². The summed E-state index contributed by atoms with van der Waals surface area (Å²) in [7, 11) is 1.82. The topological polar surface area (TPSA) is 24.5 Å². The van der Waals surface area contributed by atoms with Crippen molar-refractivity contribution in [1.29, 1.82) is 0 Å². The van der Waals surface area contributed by atoms with Crippen LogP contribution in [0.4, 0.5) is 0 Å². The molecule has 2 fully saturated rings. The van der Waals surface area contributed by atoms with Gasteiger partial charge in [0.2, 0.25) is 0 Å². The number of hydrogen-bond donors (Lipinski definition) is 1. The average Bonchev–Trinajstić information content (AvgIpc) is 3.11. The van der Waals surface area contributed by atoms with Gasteiger partial charge in [0.25, 0.3) is 0 Å². The van der Waals surface area contributed by atoms with Gasteiger partial charge in [0.15, 0.2) is 0 Å². The molecule has 19 heavy (non-hydrogen) atoms. The Labute approximate surface area is 119 Å². The van der Waals surface area contributed by atoms with Crippen LogP contribution in [0.5, 0.6) is 0 Å². The van der Waals surface area contributed by atoms with E-state index in [2.05, 4.69) is 44.8 Å². The van der Waals surface area contributed by atoms with E-state index in [0.29, 0.717) is 23.1 Å². The minimum absolute atomic E-state index is 0.311. The molecule has 0 amide bonds. The second kappa shape index (κ2) is 5.34. The predicted octanol–water partition coefficient (Wildman–Crippen LogP) is 2.51. The summed E-state index contributed by atoms with van der Waals surface area (Å²) < 4.78 is 5.50. The summed E-state index contributed by atoms with van der Waals surface area (Å²) in [6.45, 7) is 14.9. The fraction of sp³-hybridized carbons (Fsp3) is 1.00. The molecular formula is C16H32N2O. The molecule has 1 saturated carbocycles. The molecule has 3 nitrogen and oxygen atoms in total. The van der Waals surface area contributed by atoms with Gasteiger partial charge in [-0.05, 0) is 38.0 Å². The molecule has 3 heteroatoms. The minimum Gasteiger partial charge on any atom is -0.380 e. The Hall–Kier alpha value is -0.120. The van der Waals surface area contributed by atoms with Gasteiger partial charge in [0, 0.05) is 38.3 Å². The molecule has 0 spiro atoms. The van der Waals surface area contributed by atoms with Crippen LogP contribution >= 0.6 is 0 Å². The van der Waals surface area contributed by atoms with Crippen LogP contribution in [0.1, 0.15) is 47.5 Å². The maximum Gasteiger partial charge on any atom is 0.0670 e. The van der Waals surface area contributed by atoms with Crippen LogP contribution in [0.2, 0.25) is 0 Å². The highest BCUT2D eigenvalue weighted by atomic mass is 16.5. The van der Waals surface area contributed by atoms with Crippen molar-refractivity contribution < 1.29 is 4.74 Å². The molecule has 0 bridgehead atoms.